The second kappa shape index (κ2) is 2.47. The van der Waals surface area contributed by atoms with E-state index in [-0.39, 0.29) is 0 Å². The van der Waals surface area contributed by atoms with Crippen molar-refractivity contribution in [2.75, 3.05) is 0 Å². The molecule has 0 aromatic rings. The average Bonchev–Trinajstić information content (AvgIpc) is 1.38. The normalized spacial score (nSPS) is 7.80. The Morgan fingerprint density at radius 1 is 2.00 bits per heavy atom. The van der Waals surface area contributed by atoms with Crippen LogP contribution in [0.2, 0.25) is 5.39 Å². The SMILES string of the molecule is C=C(C)[CH2][Ni+]. The Bertz CT molecular complexity index is 38.9. The number of hydrogen-bond donors (Lipinski definition) is 0. The van der Waals surface area contributed by atoms with E-state index in [0.717, 1.165) is 11.0 Å². The Labute approximate surface area is 40.6 Å². The second-order valence-corrected chi connectivity index (χ2v) is 1.42. The number of rotatable bonds is 1. The molecule has 0 saturated heterocycles. The van der Waals surface area contributed by atoms with Crippen molar-refractivity contribution in [1.29, 1.82) is 0 Å². The van der Waals surface area contributed by atoms with Crippen molar-refractivity contribution in [1.82, 2.24) is 0 Å². The topological polar surface area (TPSA) is 0 Å². The fraction of sp³-hybridized carbons (Fsp3) is 0.500. The molecule has 0 aliphatic carbocycles. The predicted octanol–water partition coefficient (Wildman–Crippen LogP) is 1.53. The molecule has 0 bridgehead atoms. The maximum atomic E-state index is 4.33. The third-order valence-electron chi connectivity index (χ3n) is 0.191. The zero-order valence-corrected chi connectivity index (χ0v) is 4.22. The Balaban J connectivity index is 2.85. The molecule has 0 spiro atoms. The zero-order valence-electron chi connectivity index (χ0n) is 3.23. The van der Waals surface area contributed by atoms with Crippen LogP contribution in [0, 0.1) is 0 Å². The molecule has 0 aromatic carbocycles. The molecule has 0 aromatic heterocycles. The number of allylic oxidation sites excluding steroid dienone is 1. The van der Waals surface area contributed by atoms with Crippen molar-refractivity contribution in [2.24, 2.45) is 0 Å². The fourth-order valence-electron chi connectivity index (χ4n) is 0. The molecule has 32 valence electrons. The van der Waals surface area contributed by atoms with Gasteiger partial charge in [0.05, 0.1) is 0 Å². The van der Waals surface area contributed by atoms with Gasteiger partial charge in [0.2, 0.25) is 0 Å². The van der Waals surface area contributed by atoms with Gasteiger partial charge in [-0.05, 0) is 0 Å². The van der Waals surface area contributed by atoms with Gasteiger partial charge < -0.3 is 0 Å². The molecule has 0 fully saturated rings. The third kappa shape index (κ3) is 4.23. The Morgan fingerprint density at radius 2 is 2.20 bits per heavy atom. The van der Waals surface area contributed by atoms with E-state index in [0.29, 0.717) is 0 Å². The van der Waals surface area contributed by atoms with Gasteiger partial charge in [0.1, 0.15) is 0 Å². The molecule has 0 atom stereocenters. The summed E-state index contributed by atoms with van der Waals surface area (Å²) in [6.07, 6.45) is 0. The van der Waals surface area contributed by atoms with E-state index in [4.69, 9.17) is 0 Å². The van der Waals surface area contributed by atoms with E-state index in [2.05, 4.69) is 22.0 Å². The van der Waals surface area contributed by atoms with Crippen LogP contribution in [-0.2, 0) is 15.5 Å². The second-order valence-electron chi connectivity index (χ2n) is 1.07. The molecular weight excluding hydrogens is 107 g/mol. The van der Waals surface area contributed by atoms with Gasteiger partial charge in [-0.15, -0.1) is 0 Å². The first-order chi connectivity index (χ1) is 2.27. The summed E-state index contributed by atoms with van der Waals surface area (Å²) in [6, 6.07) is 0. The Kier molecular flexibility index (Phi) is 2.59. The van der Waals surface area contributed by atoms with Gasteiger partial charge in [-0.1, -0.05) is 0 Å². The fourth-order valence-corrected chi connectivity index (χ4v) is 0. The molecule has 0 N–H and O–H groups in total. The summed E-state index contributed by atoms with van der Waals surface area (Å²) < 4.78 is 0. The molecule has 0 saturated carbocycles. The van der Waals surface area contributed by atoms with Crippen molar-refractivity contribution < 1.29 is 15.5 Å². The summed E-state index contributed by atoms with van der Waals surface area (Å²) in [6.45, 7) is 5.51. The maximum absolute atomic E-state index is 4.33. The molecule has 0 aliphatic rings. The molecule has 5 heavy (non-hydrogen) atoms. The molecule has 0 heterocycles. The van der Waals surface area contributed by atoms with Crippen LogP contribution in [0.25, 0.3) is 0 Å². The van der Waals surface area contributed by atoms with Crippen LogP contribution in [-0.4, -0.2) is 0 Å². The minimum absolute atomic E-state index is 0.736. The van der Waals surface area contributed by atoms with Gasteiger partial charge in [-0.3, -0.25) is 0 Å². The van der Waals surface area contributed by atoms with Crippen molar-refractivity contribution in [3.63, 3.8) is 0 Å². The van der Waals surface area contributed by atoms with Gasteiger partial charge in [0.15, 0.2) is 0 Å². The van der Waals surface area contributed by atoms with Crippen LogP contribution in [0.15, 0.2) is 12.2 Å². The van der Waals surface area contributed by atoms with Crippen LogP contribution in [0.3, 0.4) is 0 Å². The van der Waals surface area contributed by atoms with Gasteiger partial charge in [0, 0.05) is 0 Å². The van der Waals surface area contributed by atoms with E-state index >= 15 is 0 Å². The van der Waals surface area contributed by atoms with Crippen molar-refractivity contribution >= 4 is 0 Å². The molecule has 0 aliphatic heterocycles. The number of hydrogen-bond acceptors (Lipinski definition) is 0. The molecule has 0 radical (unpaired) electrons. The standard InChI is InChI=1S/C4H7.Ni/c1-4(2)3;/h1-2H2,3H3;/q;+1. The van der Waals surface area contributed by atoms with Gasteiger partial charge >= 0.3 is 39.9 Å². The Hall–Kier alpha value is 0.234. The van der Waals surface area contributed by atoms with Crippen molar-refractivity contribution in [2.45, 2.75) is 12.3 Å². The summed E-state index contributed by atoms with van der Waals surface area (Å²) in [7, 11) is 0. The summed E-state index contributed by atoms with van der Waals surface area (Å²) in [5, 5.41) is 0.736. The molecular formula is C4H7Ni+. The molecule has 0 amide bonds. The van der Waals surface area contributed by atoms with E-state index in [1.807, 2.05) is 6.92 Å². The first kappa shape index (κ1) is 5.23. The van der Waals surface area contributed by atoms with E-state index in [1.54, 1.807) is 0 Å². The van der Waals surface area contributed by atoms with E-state index in [1.165, 1.54) is 0 Å². The van der Waals surface area contributed by atoms with E-state index in [9.17, 15) is 0 Å². The van der Waals surface area contributed by atoms with Crippen LogP contribution >= 0.6 is 0 Å². The summed E-state index contributed by atoms with van der Waals surface area (Å²) >= 11 is 4.33. The first-order valence-electron chi connectivity index (χ1n) is 1.43. The Morgan fingerprint density at radius 3 is 2.20 bits per heavy atom. The van der Waals surface area contributed by atoms with Gasteiger partial charge in [-0.25, -0.2) is 0 Å². The van der Waals surface area contributed by atoms with Crippen LogP contribution in [0.1, 0.15) is 6.92 Å². The molecule has 0 unspecified atom stereocenters. The van der Waals surface area contributed by atoms with Gasteiger partial charge in [-0.2, -0.15) is 0 Å². The van der Waals surface area contributed by atoms with Crippen LogP contribution < -0.4 is 0 Å². The predicted molar refractivity (Wildman–Crippen MR) is 19.6 cm³/mol. The van der Waals surface area contributed by atoms with Crippen molar-refractivity contribution in [3.05, 3.63) is 12.2 Å². The monoisotopic (exact) mass is 113 g/mol. The van der Waals surface area contributed by atoms with Crippen LogP contribution in [0.4, 0.5) is 0 Å². The summed E-state index contributed by atoms with van der Waals surface area (Å²) in [5.74, 6) is 0. The quantitative estimate of drug-likeness (QED) is 0.358. The zero-order chi connectivity index (χ0) is 4.28. The first-order valence-corrected chi connectivity index (χ1v) is 2.13. The van der Waals surface area contributed by atoms with Gasteiger partial charge in [0.25, 0.3) is 0 Å². The summed E-state index contributed by atoms with van der Waals surface area (Å²) in [4.78, 5) is 0. The summed E-state index contributed by atoms with van der Waals surface area (Å²) in [5.41, 5.74) is 1.09. The molecule has 0 rings (SSSR count). The third-order valence-corrected chi connectivity index (χ3v) is 0.787. The molecule has 0 nitrogen and oxygen atoms in total. The minimum atomic E-state index is 0.736. The van der Waals surface area contributed by atoms with E-state index < -0.39 is 0 Å². The van der Waals surface area contributed by atoms with Crippen LogP contribution in [0.5, 0.6) is 0 Å². The van der Waals surface area contributed by atoms with Crippen molar-refractivity contribution in [3.8, 4) is 0 Å². The average molecular weight is 114 g/mol. The molecule has 1 heteroatoms.